The zero-order valence-corrected chi connectivity index (χ0v) is 18.0. The summed E-state index contributed by atoms with van der Waals surface area (Å²) in [6, 6.07) is 17.7. The lowest BCUT2D eigenvalue weighted by Crippen LogP contribution is -2.50. The molecule has 0 spiro atoms. The number of terminal acetylenes is 1. The molecule has 0 fully saturated rings. The molecule has 1 atom stereocenters. The molecule has 0 bridgehead atoms. The monoisotopic (exact) mass is 422 g/mol. The molecule has 1 unspecified atom stereocenters. The fraction of sp³-hybridized carbons (Fsp3) is 0.292. The first-order valence-corrected chi connectivity index (χ1v) is 9.66. The Morgan fingerprint density at radius 1 is 1.03 bits per heavy atom. The molecule has 0 saturated carbocycles. The van der Waals surface area contributed by atoms with Crippen LogP contribution in [0.4, 0.5) is 4.79 Å². The minimum atomic E-state index is -1.18. The Balaban J connectivity index is 0.000000474. The van der Waals surface area contributed by atoms with Gasteiger partial charge in [-0.1, -0.05) is 48.9 Å². The van der Waals surface area contributed by atoms with E-state index >= 15 is 0 Å². The number of carbonyl (C=O) groups is 3. The molecule has 7 nitrogen and oxygen atoms in total. The summed E-state index contributed by atoms with van der Waals surface area (Å²) in [6.07, 6.45) is 4.68. The molecule has 1 aromatic rings. The second kappa shape index (κ2) is 10.3. The second-order valence-electron chi connectivity index (χ2n) is 7.67. The minimum absolute atomic E-state index is 0.246. The predicted molar refractivity (Wildman–Crippen MR) is 117 cm³/mol. The predicted octanol–water partition coefficient (Wildman–Crippen LogP) is 3.45. The van der Waals surface area contributed by atoms with E-state index in [9.17, 15) is 14.4 Å². The van der Waals surface area contributed by atoms with E-state index in [0.29, 0.717) is 5.56 Å². The number of nitrogens with one attached hydrogen (secondary N) is 1. The van der Waals surface area contributed by atoms with Crippen LogP contribution in [0.15, 0.2) is 54.6 Å². The Morgan fingerprint density at radius 3 is 1.97 bits per heavy atom. The Labute approximate surface area is 182 Å². The first-order valence-electron chi connectivity index (χ1n) is 9.66. The normalized spacial score (nSPS) is 11.6. The van der Waals surface area contributed by atoms with Gasteiger partial charge < -0.3 is 14.8 Å². The Kier molecular flexibility index (Phi) is 7.81. The topological polar surface area (TPSA) is 84.9 Å². The van der Waals surface area contributed by atoms with Gasteiger partial charge >= 0.3 is 12.1 Å². The van der Waals surface area contributed by atoms with Crippen LogP contribution < -0.4 is 5.32 Å². The molecular formula is C24H26N2O5. The average Bonchev–Trinajstić information content (AvgIpc) is 2.72. The van der Waals surface area contributed by atoms with Crippen molar-refractivity contribution in [1.29, 1.82) is 0 Å². The van der Waals surface area contributed by atoms with Crippen LogP contribution in [0.1, 0.15) is 31.1 Å². The SMILES string of the molecule is C#CN(C(=O)c1ccccc1)C(CNC(=O)OC(C)(C)C)C(=O)OC.c1cc2ccc1-2. The van der Waals surface area contributed by atoms with Crippen LogP contribution in [0.5, 0.6) is 0 Å². The second-order valence-corrected chi connectivity index (χ2v) is 7.67. The van der Waals surface area contributed by atoms with Crippen LogP contribution in [-0.2, 0) is 14.3 Å². The van der Waals surface area contributed by atoms with Gasteiger partial charge in [0.25, 0.3) is 5.91 Å². The first-order chi connectivity index (χ1) is 14.7. The van der Waals surface area contributed by atoms with Crippen LogP contribution in [0.25, 0.3) is 11.1 Å². The van der Waals surface area contributed by atoms with Crippen LogP contribution in [0.3, 0.4) is 0 Å². The van der Waals surface area contributed by atoms with Crippen LogP contribution in [0.2, 0.25) is 0 Å². The molecule has 1 aromatic carbocycles. The maximum atomic E-state index is 12.5. The lowest BCUT2D eigenvalue weighted by molar-refractivity contribution is -0.144. The molecule has 162 valence electrons. The highest BCUT2D eigenvalue weighted by molar-refractivity contribution is 5.98. The molecule has 7 heteroatoms. The third kappa shape index (κ3) is 6.61. The highest BCUT2D eigenvalue weighted by Crippen LogP contribution is 2.29. The number of methoxy groups -OCH3 is 1. The van der Waals surface area contributed by atoms with E-state index < -0.39 is 29.6 Å². The lowest BCUT2D eigenvalue weighted by Gasteiger charge is -2.26. The van der Waals surface area contributed by atoms with Gasteiger partial charge in [0, 0.05) is 11.6 Å². The van der Waals surface area contributed by atoms with Crippen LogP contribution in [-0.4, -0.2) is 48.2 Å². The highest BCUT2D eigenvalue weighted by atomic mass is 16.6. The molecule has 0 aliphatic heterocycles. The quantitative estimate of drug-likeness (QED) is 0.387. The minimum Gasteiger partial charge on any atom is -0.467 e. The maximum Gasteiger partial charge on any atom is 0.407 e. The number of hydrogen-bond donors (Lipinski definition) is 1. The lowest BCUT2D eigenvalue weighted by atomic mass is 9.95. The van der Waals surface area contributed by atoms with Crippen molar-refractivity contribution in [3.63, 3.8) is 0 Å². The number of amides is 2. The van der Waals surface area contributed by atoms with Gasteiger partial charge in [0.2, 0.25) is 0 Å². The van der Waals surface area contributed by atoms with Crippen molar-refractivity contribution in [1.82, 2.24) is 10.2 Å². The van der Waals surface area contributed by atoms with Gasteiger partial charge in [0.1, 0.15) is 5.60 Å². The molecule has 0 saturated heterocycles. The molecule has 2 aliphatic rings. The van der Waals surface area contributed by atoms with E-state index in [1.807, 2.05) is 0 Å². The average molecular weight is 422 g/mol. The third-order valence-corrected chi connectivity index (χ3v) is 4.22. The third-order valence-electron chi connectivity index (χ3n) is 4.22. The van der Waals surface area contributed by atoms with E-state index in [4.69, 9.17) is 15.9 Å². The van der Waals surface area contributed by atoms with Gasteiger partial charge in [-0.15, -0.1) is 0 Å². The standard InChI is InChI=1S/C18H22N2O5.C6H4/c1-6-20(15(21)13-10-8-7-9-11-13)14(16(22)24-5)12-19-17(23)25-18(2,3)4;1-2-6-4-3-5(1)6/h1,7-11,14H,12H2,2-5H3,(H,19,23);1-4H. The fourth-order valence-electron chi connectivity index (χ4n) is 2.58. The van der Waals surface area contributed by atoms with Gasteiger partial charge in [-0.25, -0.2) is 9.59 Å². The Bertz CT molecular complexity index is 935. The van der Waals surface area contributed by atoms with Gasteiger partial charge in [0.05, 0.1) is 13.7 Å². The smallest absolute Gasteiger partial charge is 0.407 e. The summed E-state index contributed by atoms with van der Waals surface area (Å²) in [5, 5.41) is 2.42. The number of alkyl carbamates (subject to hydrolysis) is 1. The van der Waals surface area contributed by atoms with Gasteiger partial charge in [-0.05, 0) is 44.0 Å². The summed E-state index contributed by atoms with van der Waals surface area (Å²) >= 11 is 0. The summed E-state index contributed by atoms with van der Waals surface area (Å²) in [4.78, 5) is 37.3. The number of ether oxygens (including phenoxy) is 2. The number of rotatable bonds is 5. The van der Waals surface area contributed by atoms with Crippen molar-refractivity contribution >= 4 is 18.0 Å². The number of carbonyl (C=O) groups excluding carboxylic acids is 3. The fourth-order valence-corrected chi connectivity index (χ4v) is 2.58. The van der Waals surface area contributed by atoms with Gasteiger partial charge in [-0.2, -0.15) is 0 Å². The molecule has 0 heterocycles. The summed E-state index contributed by atoms with van der Waals surface area (Å²) < 4.78 is 9.80. The van der Waals surface area contributed by atoms with Crippen molar-refractivity contribution in [2.75, 3.05) is 13.7 Å². The van der Waals surface area contributed by atoms with Crippen molar-refractivity contribution in [2.24, 2.45) is 0 Å². The zero-order valence-electron chi connectivity index (χ0n) is 18.0. The Hall–Kier alpha value is -3.79. The van der Waals surface area contributed by atoms with E-state index in [-0.39, 0.29) is 6.54 Å². The molecule has 2 aliphatic carbocycles. The molecule has 0 aromatic heterocycles. The van der Waals surface area contributed by atoms with Crippen molar-refractivity contribution in [2.45, 2.75) is 32.4 Å². The number of benzene rings is 2. The van der Waals surface area contributed by atoms with E-state index in [0.717, 1.165) is 4.90 Å². The summed E-state index contributed by atoms with van der Waals surface area (Å²) in [7, 11) is 1.17. The van der Waals surface area contributed by atoms with Crippen molar-refractivity contribution in [3.05, 3.63) is 60.2 Å². The highest BCUT2D eigenvalue weighted by Gasteiger charge is 2.31. The van der Waals surface area contributed by atoms with Crippen LogP contribution in [0, 0.1) is 12.5 Å². The Morgan fingerprint density at radius 2 is 1.58 bits per heavy atom. The molecular weight excluding hydrogens is 396 g/mol. The molecule has 31 heavy (non-hydrogen) atoms. The van der Waals surface area contributed by atoms with Gasteiger partial charge in [-0.3, -0.25) is 9.69 Å². The van der Waals surface area contributed by atoms with E-state index in [2.05, 4.69) is 35.6 Å². The maximum absolute atomic E-state index is 12.5. The van der Waals surface area contributed by atoms with E-state index in [1.165, 1.54) is 18.2 Å². The number of esters is 1. The molecule has 1 N–H and O–H groups in total. The van der Waals surface area contributed by atoms with Crippen molar-refractivity contribution in [3.8, 4) is 23.6 Å². The van der Waals surface area contributed by atoms with Crippen LogP contribution >= 0.6 is 0 Å². The summed E-state index contributed by atoms with van der Waals surface area (Å²) in [5.41, 5.74) is 2.47. The molecule has 3 rings (SSSR count). The zero-order chi connectivity index (χ0) is 23.0. The summed E-state index contributed by atoms with van der Waals surface area (Å²) in [5.74, 6) is -1.30. The summed E-state index contributed by atoms with van der Waals surface area (Å²) in [6.45, 7) is 4.87. The first kappa shape index (κ1) is 23.5. The van der Waals surface area contributed by atoms with E-state index in [1.54, 1.807) is 51.1 Å². The number of hydrogen-bond acceptors (Lipinski definition) is 5. The van der Waals surface area contributed by atoms with Gasteiger partial charge in [0.15, 0.2) is 6.04 Å². The number of nitrogens with zero attached hydrogens (tertiary/aromatic N) is 1. The largest absolute Gasteiger partial charge is 0.467 e. The number of fused-ring (bicyclic) bond motifs is 1. The van der Waals surface area contributed by atoms with Crippen molar-refractivity contribution < 1.29 is 23.9 Å². The molecule has 0 radical (unpaired) electrons. The molecule has 2 amide bonds.